The van der Waals surface area contributed by atoms with Crippen molar-refractivity contribution in [1.29, 1.82) is 0 Å². The molecule has 5 nitrogen and oxygen atoms in total. The highest BCUT2D eigenvalue weighted by molar-refractivity contribution is 5.93. The third-order valence-electron chi connectivity index (χ3n) is 1.91. The van der Waals surface area contributed by atoms with Gasteiger partial charge in [0.2, 0.25) is 0 Å². The molecule has 1 aromatic carbocycles. The average molecular weight is 212 g/mol. The number of benzene rings is 1. The lowest BCUT2D eigenvalue weighted by atomic mass is 10.2. The molecule has 0 spiro atoms. The molecule has 0 bridgehead atoms. The summed E-state index contributed by atoms with van der Waals surface area (Å²) in [5, 5.41) is 9.51. The van der Waals surface area contributed by atoms with E-state index in [0.29, 0.717) is 11.5 Å². The first-order valence-corrected chi connectivity index (χ1v) is 4.17. The standard InChI is InChI=1S/C10H12O5/c1-13-8-4-6(10(12)15-3)7(11)5-9(8)14-2/h4-5,11H,1-3H3. The summed E-state index contributed by atoms with van der Waals surface area (Å²) in [6, 6.07) is 2.66. The Morgan fingerprint density at radius 1 is 1.13 bits per heavy atom. The summed E-state index contributed by atoms with van der Waals surface area (Å²) in [4.78, 5) is 11.2. The van der Waals surface area contributed by atoms with E-state index >= 15 is 0 Å². The molecule has 15 heavy (non-hydrogen) atoms. The van der Waals surface area contributed by atoms with Crippen LogP contribution < -0.4 is 9.47 Å². The Bertz CT molecular complexity index is 372. The molecule has 0 atom stereocenters. The molecule has 1 N–H and O–H groups in total. The van der Waals surface area contributed by atoms with Gasteiger partial charge < -0.3 is 19.3 Å². The molecule has 0 saturated heterocycles. The van der Waals surface area contributed by atoms with Crippen molar-refractivity contribution < 1.29 is 24.1 Å². The summed E-state index contributed by atoms with van der Waals surface area (Å²) in [6.07, 6.45) is 0. The van der Waals surface area contributed by atoms with Crippen LogP contribution in [0.15, 0.2) is 12.1 Å². The zero-order valence-electron chi connectivity index (χ0n) is 8.73. The topological polar surface area (TPSA) is 65.0 Å². The van der Waals surface area contributed by atoms with Crippen molar-refractivity contribution in [2.75, 3.05) is 21.3 Å². The normalized spacial score (nSPS) is 9.53. The maximum absolute atomic E-state index is 11.2. The number of aromatic hydroxyl groups is 1. The van der Waals surface area contributed by atoms with E-state index in [2.05, 4.69) is 4.74 Å². The van der Waals surface area contributed by atoms with Crippen LogP contribution in [-0.2, 0) is 4.74 Å². The lowest BCUT2D eigenvalue weighted by molar-refractivity contribution is 0.0597. The van der Waals surface area contributed by atoms with Gasteiger partial charge in [-0.3, -0.25) is 0 Å². The van der Waals surface area contributed by atoms with Crippen molar-refractivity contribution in [2.45, 2.75) is 0 Å². The first-order valence-electron chi connectivity index (χ1n) is 4.17. The van der Waals surface area contributed by atoms with Crippen molar-refractivity contribution in [3.8, 4) is 17.2 Å². The first-order chi connectivity index (χ1) is 7.13. The van der Waals surface area contributed by atoms with Crippen LogP contribution in [0, 0.1) is 0 Å². The molecule has 0 heterocycles. The van der Waals surface area contributed by atoms with Crippen molar-refractivity contribution in [1.82, 2.24) is 0 Å². The third kappa shape index (κ3) is 2.12. The van der Waals surface area contributed by atoms with E-state index in [-0.39, 0.29) is 11.3 Å². The fraction of sp³-hybridized carbons (Fsp3) is 0.300. The predicted octanol–water partition coefficient (Wildman–Crippen LogP) is 1.20. The van der Waals surface area contributed by atoms with Gasteiger partial charge in [0.1, 0.15) is 11.3 Å². The highest BCUT2D eigenvalue weighted by Gasteiger charge is 2.16. The lowest BCUT2D eigenvalue weighted by Crippen LogP contribution is -2.03. The molecule has 0 aliphatic rings. The fourth-order valence-electron chi connectivity index (χ4n) is 1.14. The Hall–Kier alpha value is -1.91. The van der Waals surface area contributed by atoms with Crippen LogP contribution in [0.25, 0.3) is 0 Å². The monoisotopic (exact) mass is 212 g/mol. The number of carbonyl (C=O) groups excluding carboxylic acids is 1. The van der Waals surface area contributed by atoms with Gasteiger partial charge in [-0.2, -0.15) is 0 Å². The smallest absolute Gasteiger partial charge is 0.341 e. The summed E-state index contributed by atoms with van der Waals surface area (Å²) in [5.74, 6) is -0.133. The number of hydrogen-bond donors (Lipinski definition) is 1. The molecule has 0 aliphatic heterocycles. The summed E-state index contributed by atoms with van der Waals surface area (Å²) in [7, 11) is 4.11. The van der Waals surface area contributed by atoms with Gasteiger partial charge in [-0.05, 0) is 0 Å². The van der Waals surface area contributed by atoms with Gasteiger partial charge in [-0.25, -0.2) is 4.79 Å². The number of phenols is 1. The molecule has 1 rings (SSSR count). The largest absolute Gasteiger partial charge is 0.507 e. The minimum atomic E-state index is -0.631. The van der Waals surface area contributed by atoms with Gasteiger partial charge in [-0.1, -0.05) is 0 Å². The third-order valence-corrected chi connectivity index (χ3v) is 1.91. The molecule has 82 valence electrons. The zero-order valence-corrected chi connectivity index (χ0v) is 8.73. The van der Waals surface area contributed by atoms with Crippen LogP contribution >= 0.6 is 0 Å². The van der Waals surface area contributed by atoms with Gasteiger partial charge in [0.25, 0.3) is 0 Å². The van der Waals surface area contributed by atoms with Gasteiger partial charge in [0.05, 0.1) is 21.3 Å². The van der Waals surface area contributed by atoms with E-state index in [1.165, 1.54) is 33.5 Å². The first kappa shape index (κ1) is 11.2. The molecule has 5 heteroatoms. The molecule has 0 saturated carbocycles. The average Bonchev–Trinajstić information content (AvgIpc) is 2.27. The number of rotatable bonds is 3. The van der Waals surface area contributed by atoms with E-state index in [1.54, 1.807) is 0 Å². The molecular weight excluding hydrogens is 200 g/mol. The molecule has 0 aromatic heterocycles. The number of methoxy groups -OCH3 is 3. The van der Waals surface area contributed by atoms with E-state index < -0.39 is 5.97 Å². The van der Waals surface area contributed by atoms with E-state index in [0.717, 1.165) is 0 Å². The molecule has 0 unspecified atom stereocenters. The van der Waals surface area contributed by atoms with Crippen LogP contribution in [0.1, 0.15) is 10.4 Å². The Morgan fingerprint density at radius 2 is 1.67 bits per heavy atom. The molecule has 0 fully saturated rings. The van der Waals surface area contributed by atoms with Gasteiger partial charge in [0.15, 0.2) is 11.5 Å². The number of phenolic OH excluding ortho intramolecular Hbond substituents is 1. The highest BCUT2D eigenvalue weighted by Crippen LogP contribution is 2.34. The SMILES string of the molecule is COC(=O)c1cc(OC)c(OC)cc1O. The number of esters is 1. The summed E-state index contributed by atoms with van der Waals surface area (Å²) >= 11 is 0. The van der Waals surface area contributed by atoms with Crippen molar-refractivity contribution in [2.24, 2.45) is 0 Å². The predicted molar refractivity (Wildman–Crippen MR) is 52.6 cm³/mol. The minimum absolute atomic E-state index is 0.0372. The molecule has 0 radical (unpaired) electrons. The van der Waals surface area contributed by atoms with E-state index in [1.807, 2.05) is 0 Å². The quantitative estimate of drug-likeness (QED) is 0.762. The van der Waals surface area contributed by atoms with Crippen LogP contribution in [0.4, 0.5) is 0 Å². The van der Waals surface area contributed by atoms with Crippen molar-refractivity contribution in [3.63, 3.8) is 0 Å². The van der Waals surface area contributed by atoms with Gasteiger partial charge >= 0.3 is 5.97 Å². The Kier molecular flexibility index (Phi) is 3.38. The van der Waals surface area contributed by atoms with E-state index in [4.69, 9.17) is 9.47 Å². The molecule has 0 aliphatic carbocycles. The summed E-state index contributed by atoms with van der Waals surface area (Å²) < 4.78 is 14.4. The van der Waals surface area contributed by atoms with Crippen LogP contribution in [0.2, 0.25) is 0 Å². The lowest BCUT2D eigenvalue weighted by Gasteiger charge is -2.10. The number of ether oxygens (including phenoxy) is 3. The van der Waals surface area contributed by atoms with Gasteiger partial charge in [-0.15, -0.1) is 0 Å². The maximum Gasteiger partial charge on any atom is 0.341 e. The Balaban J connectivity index is 3.25. The van der Waals surface area contributed by atoms with E-state index in [9.17, 15) is 9.90 Å². The second-order valence-electron chi connectivity index (χ2n) is 2.72. The second kappa shape index (κ2) is 4.54. The Labute approximate surface area is 87.2 Å². The van der Waals surface area contributed by atoms with Crippen LogP contribution in [0.3, 0.4) is 0 Å². The van der Waals surface area contributed by atoms with Crippen molar-refractivity contribution >= 4 is 5.97 Å². The Morgan fingerprint density at radius 3 is 2.13 bits per heavy atom. The maximum atomic E-state index is 11.2. The fourth-order valence-corrected chi connectivity index (χ4v) is 1.14. The number of hydrogen-bond acceptors (Lipinski definition) is 5. The highest BCUT2D eigenvalue weighted by atomic mass is 16.5. The molecule has 0 amide bonds. The van der Waals surface area contributed by atoms with Crippen molar-refractivity contribution in [3.05, 3.63) is 17.7 Å². The number of carbonyl (C=O) groups is 1. The van der Waals surface area contributed by atoms with Crippen LogP contribution in [-0.4, -0.2) is 32.4 Å². The van der Waals surface area contributed by atoms with Gasteiger partial charge in [0, 0.05) is 12.1 Å². The molecule has 1 aromatic rings. The summed E-state index contributed by atoms with van der Waals surface area (Å²) in [6.45, 7) is 0. The second-order valence-corrected chi connectivity index (χ2v) is 2.72. The zero-order chi connectivity index (χ0) is 11.4. The molecular formula is C10H12O5. The summed E-state index contributed by atoms with van der Waals surface area (Å²) in [5.41, 5.74) is 0.0372. The van der Waals surface area contributed by atoms with Crippen LogP contribution in [0.5, 0.6) is 17.2 Å². The minimum Gasteiger partial charge on any atom is -0.507 e.